The molecule has 0 radical (unpaired) electrons. The lowest BCUT2D eigenvalue weighted by Crippen LogP contribution is -2.41. The summed E-state index contributed by atoms with van der Waals surface area (Å²) < 4.78 is 0. The number of rotatable bonds is 7. The lowest BCUT2D eigenvalue weighted by atomic mass is 9.93. The summed E-state index contributed by atoms with van der Waals surface area (Å²) in [6.07, 6.45) is 7.43. The monoisotopic (exact) mass is 453 g/mol. The van der Waals surface area contributed by atoms with Crippen LogP contribution in [0, 0.1) is 5.92 Å². The minimum absolute atomic E-state index is 0.0281. The zero-order chi connectivity index (χ0) is 22.7. The van der Waals surface area contributed by atoms with Gasteiger partial charge in [0.25, 0.3) is 5.91 Å². The second-order valence-electron chi connectivity index (χ2n) is 9.21. The van der Waals surface area contributed by atoms with Crippen LogP contribution in [0.5, 0.6) is 0 Å². The van der Waals surface area contributed by atoms with Gasteiger partial charge in [0, 0.05) is 44.0 Å². The van der Waals surface area contributed by atoms with Crippen LogP contribution in [-0.4, -0.2) is 36.9 Å². The fraction of sp³-hybridized carbons (Fsp3) is 0.462. The first kappa shape index (κ1) is 22.7. The molecule has 170 valence electrons. The van der Waals surface area contributed by atoms with E-state index in [0.717, 1.165) is 55.5 Å². The molecule has 5 nitrogen and oxygen atoms in total. The fourth-order valence-electron chi connectivity index (χ4n) is 4.55. The number of carbonyl (C=O) groups is 2. The predicted molar refractivity (Wildman–Crippen MR) is 130 cm³/mol. The SMILES string of the molecule is CN(C)c1ccc(NC(=O)C2CC2)cc1CN(C(=O)c1ccccc1Cl)C1CCCCC1. The van der Waals surface area contributed by atoms with Gasteiger partial charge in [0.05, 0.1) is 10.6 Å². The molecular formula is C26H32ClN3O2. The Bertz CT molecular complexity index is 981. The van der Waals surface area contributed by atoms with Crippen LogP contribution in [0.1, 0.15) is 60.9 Å². The van der Waals surface area contributed by atoms with Gasteiger partial charge in [-0.2, -0.15) is 0 Å². The van der Waals surface area contributed by atoms with Gasteiger partial charge in [0.2, 0.25) is 5.91 Å². The summed E-state index contributed by atoms with van der Waals surface area (Å²) in [4.78, 5) is 30.0. The zero-order valence-corrected chi connectivity index (χ0v) is 19.7. The number of carbonyl (C=O) groups excluding carboxylic acids is 2. The van der Waals surface area contributed by atoms with Crippen molar-refractivity contribution >= 4 is 34.8 Å². The van der Waals surface area contributed by atoms with E-state index in [2.05, 4.69) is 10.2 Å². The van der Waals surface area contributed by atoms with E-state index in [0.29, 0.717) is 17.1 Å². The summed E-state index contributed by atoms with van der Waals surface area (Å²) in [7, 11) is 4.00. The van der Waals surface area contributed by atoms with Crippen molar-refractivity contribution in [1.82, 2.24) is 4.90 Å². The van der Waals surface area contributed by atoms with Gasteiger partial charge < -0.3 is 15.1 Å². The zero-order valence-electron chi connectivity index (χ0n) is 18.9. The maximum atomic E-state index is 13.7. The molecule has 0 heterocycles. The molecule has 2 aliphatic rings. The smallest absolute Gasteiger partial charge is 0.255 e. The molecule has 32 heavy (non-hydrogen) atoms. The minimum Gasteiger partial charge on any atom is -0.377 e. The molecule has 0 atom stereocenters. The highest BCUT2D eigenvalue weighted by Gasteiger charge is 2.30. The van der Waals surface area contributed by atoms with Crippen LogP contribution in [0.3, 0.4) is 0 Å². The van der Waals surface area contributed by atoms with Crippen molar-refractivity contribution in [3.8, 4) is 0 Å². The van der Waals surface area contributed by atoms with Crippen LogP contribution in [0.25, 0.3) is 0 Å². The average molecular weight is 454 g/mol. The van der Waals surface area contributed by atoms with Crippen molar-refractivity contribution in [3.63, 3.8) is 0 Å². The largest absolute Gasteiger partial charge is 0.377 e. The standard InChI is InChI=1S/C26H32ClN3O2/c1-29(2)24-15-14-20(28-25(31)18-12-13-18)16-19(24)17-30(21-8-4-3-5-9-21)26(32)22-10-6-7-11-23(22)27/h6-7,10-11,14-16,18,21H,3-5,8-9,12-13,17H2,1-2H3,(H,28,31). The van der Waals surface area contributed by atoms with Gasteiger partial charge in [0.1, 0.15) is 0 Å². The van der Waals surface area contributed by atoms with Crippen molar-refractivity contribution in [1.29, 1.82) is 0 Å². The Hall–Kier alpha value is -2.53. The third-order valence-electron chi connectivity index (χ3n) is 6.50. The lowest BCUT2D eigenvalue weighted by Gasteiger charge is -2.35. The molecule has 0 aliphatic heterocycles. The van der Waals surface area contributed by atoms with Crippen molar-refractivity contribution < 1.29 is 9.59 Å². The normalized spacial score (nSPS) is 16.5. The molecular weight excluding hydrogens is 422 g/mol. The van der Waals surface area contributed by atoms with Crippen LogP contribution in [0.15, 0.2) is 42.5 Å². The highest BCUT2D eigenvalue weighted by Crippen LogP contribution is 2.33. The van der Waals surface area contributed by atoms with E-state index in [1.54, 1.807) is 12.1 Å². The van der Waals surface area contributed by atoms with Gasteiger partial charge in [-0.3, -0.25) is 9.59 Å². The maximum absolute atomic E-state index is 13.7. The molecule has 2 fully saturated rings. The summed E-state index contributed by atoms with van der Waals surface area (Å²) >= 11 is 6.40. The number of hydrogen-bond acceptors (Lipinski definition) is 3. The average Bonchev–Trinajstić information content (AvgIpc) is 3.63. The molecule has 2 aliphatic carbocycles. The van der Waals surface area contributed by atoms with E-state index < -0.39 is 0 Å². The Labute approximate surface area is 195 Å². The molecule has 4 rings (SSSR count). The van der Waals surface area contributed by atoms with Gasteiger partial charge in [0.15, 0.2) is 0 Å². The number of hydrogen-bond donors (Lipinski definition) is 1. The summed E-state index contributed by atoms with van der Waals surface area (Å²) in [6, 6.07) is 13.5. The van der Waals surface area contributed by atoms with Gasteiger partial charge in [-0.15, -0.1) is 0 Å². The molecule has 6 heteroatoms. The number of nitrogens with one attached hydrogen (secondary N) is 1. The molecule has 2 amide bonds. The topological polar surface area (TPSA) is 52.7 Å². The number of anilines is 2. The molecule has 0 unspecified atom stereocenters. The molecule has 0 spiro atoms. The Morgan fingerprint density at radius 3 is 2.38 bits per heavy atom. The van der Waals surface area contributed by atoms with E-state index in [-0.39, 0.29) is 23.8 Å². The molecule has 0 saturated heterocycles. The minimum atomic E-state index is -0.0281. The van der Waals surface area contributed by atoms with E-state index in [4.69, 9.17) is 11.6 Å². The first-order chi connectivity index (χ1) is 15.4. The Balaban J connectivity index is 1.66. The third kappa shape index (κ3) is 5.26. The Morgan fingerprint density at radius 1 is 1.00 bits per heavy atom. The van der Waals surface area contributed by atoms with Gasteiger partial charge in [-0.1, -0.05) is 43.0 Å². The summed E-state index contributed by atoms with van der Waals surface area (Å²) in [5.41, 5.74) is 3.40. The molecule has 2 saturated carbocycles. The van der Waals surface area contributed by atoms with Crippen LogP contribution < -0.4 is 10.2 Å². The van der Waals surface area contributed by atoms with Crippen molar-refractivity contribution in [3.05, 3.63) is 58.6 Å². The van der Waals surface area contributed by atoms with Gasteiger partial charge in [-0.25, -0.2) is 0 Å². The van der Waals surface area contributed by atoms with Crippen LogP contribution in [0.2, 0.25) is 5.02 Å². The molecule has 2 aromatic carbocycles. The molecule has 2 aromatic rings. The third-order valence-corrected chi connectivity index (χ3v) is 6.83. The first-order valence-electron chi connectivity index (χ1n) is 11.6. The highest BCUT2D eigenvalue weighted by molar-refractivity contribution is 6.33. The van der Waals surface area contributed by atoms with E-state index in [9.17, 15) is 9.59 Å². The Kier molecular flexibility index (Phi) is 7.04. The van der Waals surface area contributed by atoms with E-state index in [1.165, 1.54) is 6.42 Å². The quantitative estimate of drug-likeness (QED) is 0.582. The lowest BCUT2D eigenvalue weighted by molar-refractivity contribution is -0.117. The Morgan fingerprint density at radius 2 is 1.72 bits per heavy atom. The number of amides is 2. The maximum Gasteiger partial charge on any atom is 0.255 e. The summed E-state index contributed by atoms with van der Waals surface area (Å²) in [6.45, 7) is 0.482. The second kappa shape index (κ2) is 9.95. The van der Waals surface area contributed by atoms with Gasteiger partial charge >= 0.3 is 0 Å². The van der Waals surface area contributed by atoms with E-state index in [1.807, 2.05) is 49.3 Å². The fourth-order valence-corrected chi connectivity index (χ4v) is 4.76. The van der Waals surface area contributed by atoms with Crippen molar-refractivity contribution in [2.24, 2.45) is 5.92 Å². The van der Waals surface area contributed by atoms with Crippen LogP contribution in [0.4, 0.5) is 11.4 Å². The molecule has 0 aromatic heterocycles. The number of benzene rings is 2. The molecule has 1 N–H and O–H groups in total. The molecule has 0 bridgehead atoms. The van der Waals surface area contributed by atoms with Crippen molar-refractivity contribution in [2.45, 2.75) is 57.5 Å². The van der Waals surface area contributed by atoms with Crippen LogP contribution in [-0.2, 0) is 11.3 Å². The first-order valence-corrected chi connectivity index (χ1v) is 12.0. The summed E-state index contributed by atoms with van der Waals surface area (Å²) in [5, 5.41) is 3.53. The van der Waals surface area contributed by atoms with Gasteiger partial charge in [-0.05, 0) is 61.6 Å². The van der Waals surface area contributed by atoms with E-state index >= 15 is 0 Å². The van der Waals surface area contributed by atoms with Crippen molar-refractivity contribution in [2.75, 3.05) is 24.3 Å². The van der Waals surface area contributed by atoms with Crippen LogP contribution >= 0.6 is 11.6 Å². The predicted octanol–water partition coefficient (Wildman–Crippen LogP) is 5.73. The summed E-state index contributed by atoms with van der Waals surface area (Å²) in [5.74, 6) is 0.206. The number of nitrogens with zero attached hydrogens (tertiary/aromatic N) is 2. The highest BCUT2D eigenvalue weighted by atomic mass is 35.5. The second-order valence-corrected chi connectivity index (χ2v) is 9.61. The number of halogens is 1.